The summed E-state index contributed by atoms with van der Waals surface area (Å²) < 4.78 is 5.14. The fraction of sp³-hybridized carbons (Fsp3) is 0.286. The van der Waals surface area contributed by atoms with E-state index in [-0.39, 0.29) is 11.8 Å². The highest BCUT2D eigenvalue weighted by molar-refractivity contribution is 5.92. The lowest BCUT2D eigenvalue weighted by molar-refractivity contribution is 0.0665. The predicted molar refractivity (Wildman–Crippen MR) is 72.5 cm³/mol. The highest BCUT2D eigenvalue weighted by atomic mass is 16.4. The smallest absolute Gasteiger partial charge is 0.374 e. The van der Waals surface area contributed by atoms with Crippen molar-refractivity contribution in [1.82, 2.24) is 4.98 Å². The van der Waals surface area contributed by atoms with Crippen molar-refractivity contribution in [3.05, 3.63) is 35.6 Å². The van der Waals surface area contributed by atoms with Crippen LogP contribution >= 0.6 is 0 Å². The molecule has 1 heterocycles. The van der Waals surface area contributed by atoms with Crippen molar-refractivity contribution in [1.29, 1.82) is 0 Å². The molecule has 0 saturated carbocycles. The van der Waals surface area contributed by atoms with Crippen LogP contribution in [0, 0.1) is 0 Å². The van der Waals surface area contributed by atoms with Crippen LogP contribution in [-0.4, -0.2) is 23.1 Å². The molecule has 0 spiro atoms. The van der Waals surface area contributed by atoms with Gasteiger partial charge in [-0.15, -0.1) is 0 Å². The molecule has 0 unspecified atom stereocenters. The quantitative estimate of drug-likeness (QED) is 0.882. The first-order valence-corrected chi connectivity index (χ1v) is 6.05. The van der Waals surface area contributed by atoms with E-state index in [9.17, 15) is 4.79 Å². The second-order valence-corrected chi connectivity index (χ2v) is 4.53. The van der Waals surface area contributed by atoms with E-state index in [2.05, 4.69) is 24.1 Å². The minimum absolute atomic E-state index is 0.151. The highest BCUT2D eigenvalue weighted by Gasteiger charge is 2.20. The van der Waals surface area contributed by atoms with Crippen LogP contribution in [-0.2, 0) is 0 Å². The zero-order chi connectivity index (χ0) is 14.0. The first-order chi connectivity index (χ1) is 9.02. The van der Waals surface area contributed by atoms with Crippen LogP contribution in [0.3, 0.4) is 0 Å². The van der Waals surface area contributed by atoms with Gasteiger partial charge in [0, 0.05) is 12.6 Å². The number of aromatic nitrogens is 1. The highest BCUT2D eigenvalue weighted by Crippen LogP contribution is 2.27. The average Bonchev–Trinajstić information content (AvgIpc) is 2.83. The van der Waals surface area contributed by atoms with E-state index in [0.717, 1.165) is 5.56 Å². The molecule has 0 aliphatic carbocycles. The van der Waals surface area contributed by atoms with Crippen LogP contribution in [0.15, 0.2) is 28.7 Å². The number of aromatic carboxylic acids is 1. The fourth-order valence-corrected chi connectivity index (χ4v) is 1.79. The number of nitrogens with zero attached hydrogens (tertiary/aromatic N) is 1. The number of carboxylic acid groups (broad SMARTS) is 1. The summed E-state index contributed by atoms with van der Waals surface area (Å²) in [5.41, 5.74) is 2.26. The number of rotatable bonds is 4. The SMILES string of the molecule is CNc1nc(-c2ccc(C(C)C)cc2)c(C(=O)O)o1. The zero-order valence-electron chi connectivity index (χ0n) is 11.1. The summed E-state index contributed by atoms with van der Waals surface area (Å²) in [5, 5.41) is 11.8. The molecule has 2 N–H and O–H groups in total. The average molecular weight is 260 g/mol. The van der Waals surface area contributed by atoms with Crippen molar-refractivity contribution in [2.75, 3.05) is 12.4 Å². The molecule has 2 aromatic rings. The van der Waals surface area contributed by atoms with Gasteiger partial charge in [-0.2, -0.15) is 4.98 Å². The number of hydrogen-bond acceptors (Lipinski definition) is 4. The van der Waals surface area contributed by atoms with Crippen molar-refractivity contribution in [3.8, 4) is 11.3 Å². The third-order valence-corrected chi connectivity index (χ3v) is 2.89. The maximum atomic E-state index is 11.1. The number of hydrogen-bond donors (Lipinski definition) is 2. The number of carbonyl (C=O) groups is 1. The van der Waals surface area contributed by atoms with Crippen LogP contribution in [0.5, 0.6) is 0 Å². The van der Waals surface area contributed by atoms with E-state index in [1.54, 1.807) is 7.05 Å². The summed E-state index contributed by atoms with van der Waals surface area (Å²) >= 11 is 0. The molecular weight excluding hydrogens is 244 g/mol. The Bertz CT molecular complexity index is 585. The van der Waals surface area contributed by atoms with Gasteiger partial charge in [-0.25, -0.2) is 4.79 Å². The van der Waals surface area contributed by atoms with Crippen molar-refractivity contribution in [2.45, 2.75) is 19.8 Å². The summed E-state index contributed by atoms with van der Waals surface area (Å²) in [6, 6.07) is 7.86. The summed E-state index contributed by atoms with van der Waals surface area (Å²) in [6.45, 7) is 4.21. The van der Waals surface area contributed by atoms with E-state index in [1.807, 2.05) is 24.3 Å². The molecule has 0 aliphatic rings. The van der Waals surface area contributed by atoms with Crippen molar-refractivity contribution >= 4 is 12.0 Å². The van der Waals surface area contributed by atoms with Gasteiger partial charge in [0.15, 0.2) is 0 Å². The Morgan fingerprint density at radius 1 is 1.32 bits per heavy atom. The van der Waals surface area contributed by atoms with E-state index < -0.39 is 5.97 Å². The third-order valence-electron chi connectivity index (χ3n) is 2.89. The molecule has 19 heavy (non-hydrogen) atoms. The summed E-state index contributed by atoms with van der Waals surface area (Å²) in [6.07, 6.45) is 0. The van der Waals surface area contributed by atoms with Crippen molar-refractivity contribution in [3.63, 3.8) is 0 Å². The number of benzene rings is 1. The van der Waals surface area contributed by atoms with Crippen molar-refractivity contribution < 1.29 is 14.3 Å². The molecule has 1 aromatic carbocycles. The number of carboxylic acids is 1. The number of nitrogens with one attached hydrogen (secondary N) is 1. The lowest BCUT2D eigenvalue weighted by Crippen LogP contribution is -1.97. The molecular formula is C14H16N2O3. The van der Waals surface area contributed by atoms with Crippen LogP contribution < -0.4 is 5.32 Å². The summed E-state index contributed by atoms with van der Waals surface area (Å²) in [4.78, 5) is 15.3. The van der Waals surface area contributed by atoms with Gasteiger partial charge in [0.1, 0.15) is 5.69 Å². The monoisotopic (exact) mass is 260 g/mol. The minimum Gasteiger partial charge on any atom is -0.475 e. The summed E-state index contributed by atoms with van der Waals surface area (Å²) in [7, 11) is 1.63. The number of anilines is 1. The first-order valence-electron chi connectivity index (χ1n) is 6.05. The fourth-order valence-electron chi connectivity index (χ4n) is 1.79. The Hall–Kier alpha value is -2.30. The molecule has 2 rings (SSSR count). The maximum absolute atomic E-state index is 11.1. The van der Waals surface area contributed by atoms with E-state index >= 15 is 0 Å². The molecule has 0 atom stereocenters. The number of oxazole rings is 1. The van der Waals surface area contributed by atoms with Crippen LogP contribution in [0.2, 0.25) is 0 Å². The van der Waals surface area contributed by atoms with Gasteiger partial charge in [0.2, 0.25) is 5.76 Å². The second-order valence-electron chi connectivity index (χ2n) is 4.53. The van der Waals surface area contributed by atoms with Gasteiger partial charge >= 0.3 is 5.97 Å². The van der Waals surface area contributed by atoms with Gasteiger partial charge in [0.25, 0.3) is 6.01 Å². The normalized spacial score (nSPS) is 10.7. The Morgan fingerprint density at radius 3 is 2.42 bits per heavy atom. The standard InChI is InChI=1S/C14H16N2O3/c1-8(2)9-4-6-10(7-5-9)11-12(13(17)18)19-14(15-3)16-11/h4-8H,1-3H3,(H,15,16)(H,17,18). The molecule has 0 aliphatic heterocycles. The lowest BCUT2D eigenvalue weighted by atomic mass is 10.0. The molecule has 0 saturated heterocycles. The topological polar surface area (TPSA) is 75.4 Å². The van der Waals surface area contributed by atoms with Crippen molar-refractivity contribution in [2.24, 2.45) is 0 Å². The van der Waals surface area contributed by atoms with Gasteiger partial charge in [-0.3, -0.25) is 0 Å². The predicted octanol–water partition coefficient (Wildman–Crippen LogP) is 3.20. The van der Waals surface area contributed by atoms with E-state index in [1.165, 1.54) is 5.56 Å². The molecule has 0 fully saturated rings. The van der Waals surface area contributed by atoms with E-state index in [0.29, 0.717) is 11.6 Å². The second kappa shape index (κ2) is 5.14. The molecule has 0 amide bonds. The molecule has 5 nitrogen and oxygen atoms in total. The Balaban J connectivity index is 2.45. The summed E-state index contributed by atoms with van der Waals surface area (Å²) in [5.74, 6) is -0.850. The molecule has 1 aromatic heterocycles. The molecule has 0 bridgehead atoms. The van der Waals surface area contributed by atoms with E-state index in [4.69, 9.17) is 9.52 Å². The first kappa shape index (κ1) is 13.1. The molecule has 100 valence electrons. The minimum atomic E-state index is -1.13. The van der Waals surface area contributed by atoms with Crippen LogP contribution in [0.1, 0.15) is 35.9 Å². The third kappa shape index (κ3) is 2.59. The Morgan fingerprint density at radius 2 is 1.95 bits per heavy atom. The van der Waals surface area contributed by atoms with Gasteiger partial charge in [-0.1, -0.05) is 38.1 Å². The van der Waals surface area contributed by atoms with Gasteiger partial charge in [-0.05, 0) is 11.5 Å². The lowest BCUT2D eigenvalue weighted by Gasteiger charge is -2.05. The van der Waals surface area contributed by atoms with Gasteiger partial charge < -0.3 is 14.8 Å². The van der Waals surface area contributed by atoms with Crippen LogP contribution in [0.4, 0.5) is 6.01 Å². The molecule has 5 heteroatoms. The van der Waals surface area contributed by atoms with Crippen LogP contribution in [0.25, 0.3) is 11.3 Å². The maximum Gasteiger partial charge on any atom is 0.374 e. The van der Waals surface area contributed by atoms with Gasteiger partial charge in [0.05, 0.1) is 0 Å². The Labute approximate surface area is 111 Å². The Kier molecular flexibility index (Phi) is 3.55. The molecule has 0 radical (unpaired) electrons. The largest absolute Gasteiger partial charge is 0.475 e. The zero-order valence-corrected chi connectivity index (χ0v) is 11.1.